The summed E-state index contributed by atoms with van der Waals surface area (Å²) in [4.78, 5) is 13.2. The van der Waals surface area contributed by atoms with Crippen molar-refractivity contribution in [2.75, 3.05) is 18.4 Å². The number of hydrogen-bond donors (Lipinski definition) is 1. The van der Waals surface area contributed by atoms with Gasteiger partial charge in [-0.3, -0.25) is 4.79 Å². The van der Waals surface area contributed by atoms with Gasteiger partial charge in [0.1, 0.15) is 5.75 Å². The topological polar surface area (TPSA) is 75.7 Å². The van der Waals surface area contributed by atoms with Crippen LogP contribution in [0.25, 0.3) is 0 Å². The molecule has 0 bridgehead atoms. The molecule has 0 unspecified atom stereocenters. The zero-order valence-electron chi connectivity index (χ0n) is 19.0. The molecule has 1 heterocycles. The first-order valence-corrected chi connectivity index (χ1v) is 13.6. The first-order chi connectivity index (χ1) is 16.0. The summed E-state index contributed by atoms with van der Waals surface area (Å²) >= 11 is 0. The van der Waals surface area contributed by atoms with E-state index in [1.165, 1.54) is 22.7 Å². The Morgan fingerprint density at radius 1 is 0.879 bits per heavy atom. The minimum Gasteiger partial charge on any atom is -0.490 e. The Labute approximate surface area is 196 Å². The average Bonchev–Trinajstić information content (AvgIpc) is 3.52. The van der Waals surface area contributed by atoms with Crippen molar-refractivity contribution >= 4 is 21.6 Å². The highest BCUT2D eigenvalue weighted by Gasteiger charge is 2.32. The molecule has 176 valence electrons. The molecule has 1 saturated heterocycles. The summed E-state index contributed by atoms with van der Waals surface area (Å²) in [6, 6.07) is 13.1. The van der Waals surface area contributed by atoms with E-state index in [0.29, 0.717) is 36.9 Å². The largest absolute Gasteiger partial charge is 0.490 e. The summed E-state index contributed by atoms with van der Waals surface area (Å²) in [5.74, 6) is 0.602. The Morgan fingerprint density at radius 3 is 2.30 bits per heavy atom. The Balaban J connectivity index is 1.15. The van der Waals surface area contributed by atoms with Gasteiger partial charge in [0.25, 0.3) is 0 Å². The average molecular weight is 469 g/mol. The summed E-state index contributed by atoms with van der Waals surface area (Å²) in [6.07, 6.45) is 9.12. The zero-order valence-corrected chi connectivity index (χ0v) is 19.8. The van der Waals surface area contributed by atoms with Gasteiger partial charge in [0.2, 0.25) is 15.9 Å². The second kappa shape index (κ2) is 9.47. The molecule has 5 rings (SSSR count). The highest BCUT2D eigenvalue weighted by molar-refractivity contribution is 7.89. The maximum absolute atomic E-state index is 13.1. The maximum atomic E-state index is 13.1. The lowest BCUT2D eigenvalue weighted by atomic mass is 9.97. The van der Waals surface area contributed by atoms with E-state index >= 15 is 0 Å². The van der Waals surface area contributed by atoms with Crippen LogP contribution in [0.5, 0.6) is 5.75 Å². The molecule has 33 heavy (non-hydrogen) atoms. The first kappa shape index (κ1) is 22.4. The van der Waals surface area contributed by atoms with Crippen LogP contribution < -0.4 is 10.1 Å². The lowest BCUT2D eigenvalue weighted by molar-refractivity contribution is -0.120. The predicted octanol–water partition coefficient (Wildman–Crippen LogP) is 4.54. The summed E-state index contributed by atoms with van der Waals surface area (Å²) in [6.45, 7) is 0.733. The quantitative estimate of drug-likeness (QED) is 0.676. The van der Waals surface area contributed by atoms with Gasteiger partial charge in [0.05, 0.1) is 11.0 Å². The van der Waals surface area contributed by atoms with Crippen molar-refractivity contribution < 1.29 is 17.9 Å². The van der Waals surface area contributed by atoms with Gasteiger partial charge in [0, 0.05) is 24.7 Å². The number of aryl methyl sites for hydroxylation is 2. The molecule has 6 nitrogen and oxygen atoms in total. The van der Waals surface area contributed by atoms with Gasteiger partial charge >= 0.3 is 0 Å². The number of amides is 1. The molecule has 1 amide bonds. The molecule has 0 atom stereocenters. The number of fused-ring (bicyclic) bond motifs is 1. The van der Waals surface area contributed by atoms with Gasteiger partial charge in [0.15, 0.2) is 0 Å². The van der Waals surface area contributed by atoms with Crippen molar-refractivity contribution in [3.63, 3.8) is 0 Å². The van der Waals surface area contributed by atoms with Crippen LogP contribution in [0.1, 0.15) is 56.1 Å². The van der Waals surface area contributed by atoms with Crippen LogP contribution in [0.4, 0.5) is 5.69 Å². The van der Waals surface area contributed by atoms with Gasteiger partial charge in [-0.05, 0) is 105 Å². The smallest absolute Gasteiger partial charge is 0.243 e. The Kier molecular flexibility index (Phi) is 6.43. The van der Waals surface area contributed by atoms with Crippen molar-refractivity contribution in [2.24, 2.45) is 5.92 Å². The van der Waals surface area contributed by atoms with Crippen molar-refractivity contribution in [1.82, 2.24) is 4.31 Å². The van der Waals surface area contributed by atoms with Gasteiger partial charge < -0.3 is 10.1 Å². The van der Waals surface area contributed by atoms with E-state index < -0.39 is 10.0 Å². The summed E-state index contributed by atoms with van der Waals surface area (Å²) in [5.41, 5.74) is 3.17. The highest BCUT2D eigenvalue weighted by Crippen LogP contribution is 2.29. The van der Waals surface area contributed by atoms with Crippen molar-refractivity contribution in [3.05, 3.63) is 53.6 Å². The van der Waals surface area contributed by atoms with Crippen LogP contribution in [-0.2, 0) is 27.7 Å². The van der Waals surface area contributed by atoms with Crippen molar-refractivity contribution in [1.29, 1.82) is 0 Å². The Bertz CT molecular complexity index is 1100. The van der Waals surface area contributed by atoms with Crippen LogP contribution >= 0.6 is 0 Å². The third-order valence-electron chi connectivity index (χ3n) is 7.26. The van der Waals surface area contributed by atoms with Gasteiger partial charge in [-0.2, -0.15) is 4.31 Å². The molecule has 2 fully saturated rings. The van der Waals surface area contributed by atoms with E-state index in [0.717, 1.165) is 49.1 Å². The zero-order chi connectivity index (χ0) is 22.8. The third-order valence-corrected chi connectivity index (χ3v) is 9.15. The van der Waals surface area contributed by atoms with Crippen molar-refractivity contribution in [2.45, 2.75) is 68.8 Å². The SMILES string of the molecule is O=C(Nc1ccc(OC2CCCC2)cc1)C1CCN(S(=O)(=O)c2ccc3c(c2)CCC3)CC1. The molecule has 2 aromatic carbocycles. The fourth-order valence-electron chi connectivity index (χ4n) is 5.28. The monoisotopic (exact) mass is 468 g/mol. The fraction of sp³-hybridized carbons (Fsp3) is 0.500. The predicted molar refractivity (Wildman–Crippen MR) is 128 cm³/mol. The Morgan fingerprint density at radius 2 is 1.58 bits per heavy atom. The number of rotatable bonds is 6. The number of benzene rings is 2. The molecule has 1 aliphatic heterocycles. The second-order valence-corrected chi connectivity index (χ2v) is 11.4. The molecule has 2 aliphatic carbocycles. The van der Waals surface area contributed by atoms with Crippen LogP contribution in [0.2, 0.25) is 0 Å². The molecule has 1 saturated carbocycles. The molecule has 2 aromatic rings. The van der Waals surface area contributed by atoms with E-state index in [-0.39, 0.29) is 11.8 Å². The molecule has 1 N–H and O–H groups in total. The van der Waals surface area contributed by atoms with Crippen LogP contribution in [0.15, 0.2) is 47.4 Å². The van der Waals surface area contributed by atoms with E-state index in [1.807, 2.05) is 36.4 Å². The normalized spacial score (nSPS) is 20.0. The molecule has 0 radical (unpaired) electrons. The van der Waals surface area contributed by atoms with Crippen LogP contribution in [0.3, 0.4) is 0 Å². The van der Waals surface area contributed by atoms with Gasteiger partial charge in [-0.15, -0.1) is 0 Å². The van der Waals surface area contributed by atoms with Gasteiger partial charge in [-0.1, -0.05) is 6.07 Å². The lowest BCUT2D eigenvalue weighted by Gasteiger charge is -2.30. The van der Waals surface area contributed by atoms with E-state index in [4.69, 9.17) is 4.74 Å². The molecule has 0 spiro atoms. The molecular weight excluding hydrogens is 436 g/mol. The number of carbonyl (C=O) groups is 1. The fourth-order valence-corrected chi connectivity index (χ4v) is 6.80. The number of nitrogens with one attached hydrogen (secondary N) is 1. The number of anilines is 1. The number of nitrogens with zero attached hydrogens (tertiary/aromatic N) is 1. The number of carbonyl (C=O) groups excluding carboxylic acids is 1. The van der Waals surface area contributed by atoms with E-state index in [1.54, 1.807) is 6.07 Å². The molecular formula is C26H32N2O4S. The number of ether oxygens (including phenoxy) is 1. The minimum atomic E-state index is -3.52. The number of sulfonamides is 1. The third kappa shape index (κ3) is 4.94. The van der Waals surface area contributed by atoms with Crippen LogP contribution in [-0.4, -0.2) is 37.8 Å². The summed E-state index contributed by atoms with van der Waals surface area (Å²) in [5, 5.41) is 2.98. The molecule has 7 heteroatoms. The Hall–Kier alpha value is -2.38. The number of piperidine rings is 1. The van der Waals surface area contributed by atoms with E-state index in [9.17, 15) is 13.2 Å². The maximum Gasteiger partial charge on any atom is 0.243 e. The minimum absolute atomic E-state index is 0.0472. The summed E-state index contributed by atoms with van der Waals surface area (Å²) in [7, 11) is -3.52. The van der Waals surface area contributed by atoms with Gasteiger partial charge in [-0.25, -0.2) is 8.42 Å². The highest BCUT2D eigenvalue weighted by atomic mass is 32.2. The summed E-state index contributed by atoms with van der Waals surface area (Å²) < 4.78 is 33.8. The van der Waals surface area contributed by atoms with Crippen LogP contribution in [0, 0.1) is 5.92 Å². The lowest BCUT2D eigenvalue weighted by Crippen LogP contribution is -2.41. The first-order valence-electron chi connectivity index (χ1n) is 12.2. The molecule has 3 aliphatic rings. The number of hydrogen-bond acceptors (Lipinski definition) is 4. The standard InChI is InChI=1S/C26H32N2O4S/c29-26(27-22-9-11-24(12-10-22)32-23-6-1-2-7-23)20-14-16-28(17-15-20)33(30,31)25-13-8-19-4-3-5-21(19)18-25/h8-13,18,20,23H,1-7,14-17H2,(H,27,29). The van der Waals surface area contributed by atoms with Crippen molar-refractivity contribution in [3.8, 4) is 5.75 Å². The second-order valence-electron chi connectivity index (χ2n) is 9.50. The van der Waals surface area contributed by atoms with E-state index in [2.05, 4.69) is 5.32 Å². The molecule has 0 aromatic heterocycles.